The first-order valence-corrected chi connectivity index (χ1v) is 5.54. The molecule has 0 spiro atoms. The van der Waals surface area contributed by atoms with Gasteiger partial charge >= 0.3 is 0 Å². The Balaban J connectivity index is 2.58. The van der Waals surface area contributed by atoms with Crippen LogP contribution in [0.5, 0.6) is 5.75 Å². The fourth-order valence-electron chi connectivity index (χ4n) is 1.27. The van der Waals surface area contributed by atoms with Gasteiger partial charge in [0.15, 0.2) is 0 Å². The van der Waals surface area contributed by atoms with Crippen molar-refractivity contribution in [3.63, 3.8) is 0 Å². The van der Waals surface area contributed by atoms with Crippen LogP contribution in [0.15, 0.2) is 22.7 Å². The van der Waals surface area contributed by atoms with E-state index < -0.39 is 0 Å². The molecule has 1 aromatic rings. The minimum Gasteiger partial charge on any atom is -0.496 e. The van der Waals surface area contributed by atoms with E-state index in [0.717, 1.165) is 35.3 Å². The predicted octanol–water partition coefficient (Wildman–Crippen LogP) is 2.57. The molecule has 0 aliphatic rings. The second-order valence-corrected chi connectivity index (χ2v) is 4.00. The first kappa shape index (κ1) is 12.1. The first-order valence-electron chi connectivity index (χ1n) is 4.74. The molecule has 3 heteroatoms. The summed E-state index contributed by atoms with van der Waals surface area (Å²) in [6.07, 6.45) is 5.91. The average molecular weight is 268 g/mol. The van der Waals surface area contributed by atoms with Crippen molar-refractivity contribution < 1.29 is 4.74 Å². The van der Waals surface area contributed by atoms with Gasteiger partial charge < -0.3 is 10.1 Å². The molecule has 1 aromatic carbocycles. The molecule has 2 nitrogen and oxygen atoms in total. The van der Waals surface area contributed by atoms with Crippen molar-refractivity contribution in [3.05, 3.63) is 28.2 Å². The molecule has 0 saturated carbocycles. The summed E-state index contributed by atoms with van der Waals surface area (Å²) in [5.74, 6) is 3.49. The van der Waals surface area contributed by atoms with Gasteiger partial charge in [-0.15, -0.1) is 12.3 Å². The van der Waals surface area contributed by atoms with Crippen molar-refractivity contribution in [1.82, 2.24) is 5.32 Å². The lowest BCUT2D eigenvalue weighted by Crippen LogP contribution is -2.14. The van der Waals surface area contributed by atoms with Crippen molar-refractivity contribution >= 4 is 15.9 Å². The molecule has 0 aliphatic heterocycles. The molecule has 0 bridgehead atoms. The zero-order chi connectivity index (χ0) is 11.1. The number of methoxy groups -OCH3 is 1. The highest BCUT2D eigenvalue weighted by Gasteiger charge is 2.02. The van der Waals surface area contributed by atoms with E-state index in [1.165, 1.54) is 0 Å². The number of benzene rings is 1. The van der Waals surface area contributed by atoms with Crippen LogP contribution in [0, 0.1) is 12.3 Å². The highest BCUT2D eigenvalue weighted by Crippen LogP contribution is 2.22. The Kier molecular flexibility index (Phi) is 5.23. The molecule has 0 aromatic heterocycles. The fraction of sp³-hybridized carbons (Fsp3) is 0.333. The molecule has 0 aliphatic carbocycles. The van der Waals surface area contributed by atoms with Crippen molar-refractivity contribution in [3.8, 4) is 18.1 Å². The van der Waals surface area contributed by atoms with Gasteiger partial charge in [0.1, 0.15) is 5.75 Å². The Labute approximate surface area is 99.2 Å². The standard InChI is InChI=1S/C12H14BrNO/c1-3-4-7-14-9-10-8-11(13)5-6-12(10)15-2/h1,5-6,8,14H,4,7,9H2,2H3. The molecule has 0 atom stereocenters. The summed E-state index contributed by atoms with van der Waals surface area (Å²) in [6, 6.07) is 5.95. The summed E-state index contributed by atoms with van der Waals surface area (Å²) < 4.78 is 6.31. The summed E-state index contributed by atoms with van der Waals surface area (Å²) in [7, 11) is 1.67. The molecule has 0 heterocycles. The number of nitrogens with one attached hydrogen (secondary N) is 1. The average Bonchev–Trinajstić information content (AvgIpc) is 2.25. The number of terminal acetylenes is 1. The van der Waals surface area contributed by atoms with Crippen LogP contribution in [0.4, 0.5) is 0 Å². The lowest BCUT2D eigenvalue weighted by Gasteiger charge is -2.09. The molecular formula is C12H14BrNO. The van der Waals surface area contributed by atoms with Crippen LogP contribution in [0.1, 0.15) is 12.0 Å². The number of rotatable bonds is 5. The lowest BCUT2D eigenvalue weighted by molar-refractivity contribution is 0.407. The van der Waals surface area contributed by atoms with Crippen molar-refractivity contribution in [1.29, 1.82) is 0 Å². The van der Waals surface area contributed by atoms with Gasteiger partial charge in [-0.05, 0) is 18.2 Å². The molecule has 0 radical (unpaired) electrons. The second-order valence-electron chi connectivity index (χ2n) is 3.09. The van der Waals surface area contributed by atoms with Gasteiger partial charge in [0.2, 0.25) is 0 Å². The maximum Gasteiger partial charge on any atom is 0.123 e. The normalized spacial score (nSPS) is 9.67. The summed E-state index contributed by atoms with van der Waals surface area (Å²) in [5.41, 5.74) is 1.13. The number of ether oxygens (including phenoxy) is 1. The minimum absolute atomic E-state index is 0.746. The van der Waals surface area contributed by atoms with E-state index in [-0.39, 0.29) is 0 Å². The van der Waals surface area contributed by atoms with Gasteiger partial charge in [-0.25, -0.2) is 0 Å². The van der Waals surface area contributed by atoms with E-state index in [0.29, 0.717) is 0 Å². The van der Waals surface area contributed by atoms with E-state index in [1.807, 2.05) is 18.2 Å². The monoisotopic (exact) mass is 267 g/mol. The van der Waals surface area contributed by atoms with Crippen LogP contribution in [0.25, 0.3) is 0 Å². The highest BCUT2D eigenvalue weighted by molar-refractivity contribution is 9.10. The molecule has 1 N–H and O–H groups in total. The smallest absolute Gasteiger partial charge is 0.123 e. The largest absolute Gasteiger partial charge is 0.496 e. The van der Waals surface area contributed by atoms with Crippen molar-refractivity contribution in [2.75, 3.05) is 13.7 Å². The number of halogens is 1. The van der Waals surface area contributed by atoms with Crippen LogP contribution >= 0.6 is 15.9 Å². The molecular weight excluding hydrogens is 254 g/mol. The lowest BCUT2D eigenvalue weighted by atomic mass is 10.2. The summed E-state index contributed by atoms with van der Waals surface area (Å²) in [6.45, 7) is 1.59. The maximum absolute atomic E-state index is 5.26. The van der Waals surface area contributed by atoms with E-state index >= 15 is 0 Å². The molecule has 0 fully saturated rings. The van der Waals surface area contributed by atoms with Crippen LogP contribution < -0.4 is 10.1 Å². The third-order valence-electron chi connectivity index (χ3n) is 2.00. The molecule has 1 rings (SSSR count). The minimum atomic E-state index is 0.746. The van der Waals surface area contributed by atoms with Gasteiger partial charge in [-0.3, -0.25) is 0 Å². The Morgan fingerprint density at radius 1 is 1.53 bits per heavy atom. The van der Waals surface area contributed by atoms with Crippen LogP contribution in [0.3, 0.4) is 0 Å². The second kappa shape index (κ2) is 6.49. The quantitative estimate of drug-likeness (QED) is 0.654. The fourth-order valence-corrected chi connectivity index (χ4v) is 1.68. The third kappa shape index (κ3) is 3.94. The highest BCUT2D eigenvalue weighted by atomic mass is 79.9. The topological polar surface area (TPSA) is 21.3 Å². The SMILES string of the molecule is C#CCCNCc1cc(Br)ccc1OC. The van der Waals surface area contributed by atoms with Crippen molar-refractivity contribution in [2.24, 2.45) is 0 Å². The predicted molar refractivity (Wildman–Crippen MR) is 65.9 cm³/mol. The number of hydrogen-bond acceptors (Lipinski definition) is 2. The third-order valence-corrected chi connectivity index (χ3v) is 2.50. The zero-order valence-corrected chi connectivity index (χ0v) is 10.3. The first-order chi connectivity index (χ1) is 7.27. The number of hydrogen-bond donors (Lipinski definition) is 1. The molecule has 0 unspecified atom stereocenters. The van der Waals surface area contributed by atoms with Crippen molar-refractivity contribution in [2.45, 2.75) is 13.0 Å². The molecule has 80 valence electrons. The summed E-state index contributed by atoms with van der Waals surface area (Å²) in [5, 5.41) is 3.26. The van der Waals surface area contributed by atoms with Gasteiger partial charge in [-0.1, -0.05) is 15.9 Å². The molecule has 15 heavy (non-hydrogen) atoms. The Bertz CT molecular complexity index is 357. The Hall–Kier alpha value is -0.980. The molecule has 0 saturated heterocycles. The van der Waals surface area contributed by atoms with E-state index in [2.05, 4.69) is 27.2 Å². The van der Waals surface area contributed by atoms with Crippen LogP contribution in [-0.2, 0) is 6.54 Å². The maximum atomic E-state index is 5.26. The van der Waals surface area contributed by atoms with Gasteiger partial charge in [0.25, 0.3) is 0 Å². The Morgan fingerprint density at radius 2 is 2.33 bits per heavy atom. The van der Waals surface area contributed by atoms with E-state index in [4.69, 9.17) is 11.2 Å². The molecule has 0 amide bonds. The summed E-state index contributed by atoms with van der Waals surface area (Å²) >= 11 is 3.43. The summed E-state index contributed by atoms with van der Waals surface area (Å²) in [4.78, 5) is 0. The zero-order valence-electron chi connectivity index (χ0n) is 8.72. The van der Waals surface area contributed by atoms with Gasteiger partial charge in [-0.2, -0.15) is 0 Å². The van der Waals surface area contributed by atoms with Crippen LogP contribution in [0.2, 0.25) is 0 Å². The van der Waals surface area contributed by atoms with Crippen LogP contribution in [-0.4, -0.2) is 13.7 Å². The van der Waals surface area contributed by atoms with Gasteiger partial charge in [0, 0.05) is 29.5 Å². The van der Waals surface area contributed by atoms with E-state index in [1.54, 1.807) is 7.11 Å². The Morgan fingerprint density at radius 3 is 3.00 bits per heavy atom. The van der Waals surface area contributed by atoms with Gasteiger partial charge in [0.05, 0.1) is 7.11 Å². The van der Waals surface area contributed by atoms with E-state index in [9.17, 15) is 0 Å².